The first-order chi connectivity index (χ1) is 13.9. The van der Waals surface area contributed by atoms with E-state index in [1.54, 1.807) is 13.0 Å². The molecule has 3 heterocycles. The number of aromatic amines is 1. The Morgan fingerprint density at radius 2 is 2.17 bits per heavy atom. The highest BCUT2D eigenvalue weighted by Crippen LogP contribution is 2.40. The molecule has 0 bridgehead atoms. The monoisotopic (exact) mass is 402 g/mol. The first kappa shape index (κ1) is 20.0. The second-order valence-electron chi connectivity index (χ2n) is 8.42. The third-order valence-electron chi connectivity index (χ3n) is 6.14. The standard InChI is InChI=1S/C21H27FN4O3/c1-20(28)14-21(6-8-26(9-7-21)12-15-10-23-24-11-15)29-13-18(20)25-19(27)16-4-2-3-5-17(16)22/h2-5,10-11,18,28H,6-9,12-14H2,1H3,(H,23,24)(H,25,27)/t18-,20-/m0/s1. The van der Waals surface area contributed by atoms with Crippen molar-refractivity contribution >= 4 is 5.91 Å². The maximum atomic E-state index is 13.9. The minimum absolute atomic E-state index is 0.0314. The second-order valence-corrected chi connectivity index (χ2v) is 8.42. The summed E-state index contributed by atoms with van der Waals surface area (Å²) in [5, 5.41) is 20.6. The molecule has 7 nitrogen and oxygen atoms in total. The number of carbonyl (C=O) groups excluding carboxylic acids is 1. The molecule has 156 valence electrons. The van der Waals surface area contributed by atoms with Gasteiger partial charge in [0.1, 0.15) is 5.82 Å². The van der Waals surface area contributed by atoms with Crippen molar-refractivity contribution in [2.45, 2.75) is 50.0 Å². The van der Waals surface area contributed by atoms with E-state index in [4.69, 9.17) is 4.74 Å². The van der Waals surface area contributed by atoms with Crippen molar-refractivity contribution < 1.29 is 19.0 Å². The van der Waals surface area contributed by atoms with E-state index in [2.05, 4.69) is 20.4 Å². The molecule has 2 aliphatic heterocycles. The smallest absolute Gasteiger partial charge is 0.254 e. The van der Waals surface area contributed by atoms with Gasteiger partial charge >= 0.3 is 0 Å². The van der Waals surface area contributed by atoms with Gasteiger partial charge in [-0.3, -0.25) is 14.8 Å². The van der Waals surface area contributed by atoms with Crippen LogP contribution in [0.1, 0.15) is 42.1 Å². The van der Waals surface area contributed by atoms with Crippen LogP contribution in [-0.4, -0.2) is 63.1 Å². The molecular weight excluding hydrogens is 375 g/mol. The Morgan fingerprint density at radius 3 is 2.83 bits per heavy atom. The summed E-state index contributed by atoms with van der Waals surface area (Å²) in [5.74, 6) is -1.12. The van der Waals surface area contributed by atoms with Gasteiger partial charge in [-0.2, -0.15) is 5.10 Å². The molecule has 0 aliphatic carbocycles. The van der Waals surface area contributed by atoms with Gasteiger partial charge in [0, 0.05) is 37.8 Å². The second kappa shape index (κ2) is 7.85. The van der Waals surface area contributed by atoms with Crippen LogP contribution in [0.25, 0.3) is 0 Å². The van der Waals surface area contributed by atoms with Gasteiger partial charge < -0.3 is 15.2 Å². The molecule has 4 rings (SSSR count). The number of aromatic nitrogens is 2. The number of likely N-dealkylation sites (tertiary alicyclic amines) is 1. The molecule has 0 unspecified atom stereocenters. The average molecular weight is 402 g/mol. The normalized spacial score (nSPS) is 27.1. The summed E-state index contributed by atoms with van der Waals surface area (Å²) < 4.78 is 20.1. The van der Waals surface area contributed by atoms with Gasteiger partial charge in [0.25, 0.3) is 5.91 Å². The molecular formula is C21H27FN4O3. The molecule has 2 saturated heterocycles. The van der Waals surface area contributed by atoms with Gasteiger partial charge in [-0.25, -0.2) is 4.39 Å². The summed E-state index contributed by atoms with van der Waals surface area (Å²) in [5.41, 5.74) is -0.411. The fraction of sp³-hybridized carbons (Fsp3) is 0.524. The lowest BCUT2D eigenvalue weighted by atomic mass is 9.75. The maximum Gasteiger partial charge on any atom is 0.254 e. The van der Waals surface area contributed by atoms with Crippen molar-refractivity contribution in [2.24, 2.45) is 0 Å². The van der Waals surface area contributed by atoms with Gasteiger partial charge in [-0.15, -0.1) is 0 Å². The van der Waals surface area contributed by atoms with Crippen LogP contribution in [0.3, 0.4) is 0 Å². The zero-order chi connectivity index (χ0) is 20.5. The molecule has 8 heteroatoms. The Hall–Kier alpha value is -2.29. The van der Waals surface area contributed by atoms with Crippen molar-refractivity contribution in [3.8, 4) is 0 Å². The number of hydrogen-bond acceptors (Lipinski definition) is 5. The number of aliphatic hydroxyl groups is 1. The lowest BCUT2D eigenvalue weighted by molar-refractivity contribution is -0.186. The Labute approximate surface area is 169 Å². The van der Waals surface area contributed by atoms with Crippen LogP contribution in [0.15, 0.2) is 36.7 Å². The van der Waals surface area contributed by atoms with Crippen LogP contribution < -0.4 is 5.32 Å². The lowest BCUT2D eigenvalue weighted by Crippen LogP contribution is -2.63. The van der Waals surface area contributed by atoms with E-state index < -0.39 is 29.0 Å². The van der Waals surface area contributed by atoms with Crippen LogP contribution in [0, 0.1) is 5.82 Å². The van der Waals surface area contributed by atoms with Gasteiger partial charge in [-0.1, -0.05) is 12.1 Å². The van der Waals surface area contributed by atoms with Gasteiger partial charge in [0.05, 0.1) is 35.6 Å². The summed E-state index contributed by atoms with van der Waals surface area (Å²) in [7, 11) is 0. The first-order valence-electron chi connectivity index (χ1n) is 9.99. The quantitative estimate of drug-likeness (QED) is 0.726. The van der Waals surface area contributed by atoms with E-state index in [1.165, 1.54) is 18.2 Å². The largest absolute Gasteiger partial charge is 0.388 e. The van der Waals surface area contributed by atoms with Crippen LogP contribution >= 0.6 is 0 Å². The fourth-order valence-corrected chi connectivity index (χ4v) is 4.41. The number of carbonyl (C=O) groups is 1. The van der Waals surface area contributed by atoms with Crippen molar-refractivity contribution in [1.29, 1.82) is 0 Å². The van der Waals surface area contributed by atoms with E-state index in [0.717, 1.165) is 38.0 Å². The summed E-state index contributed by atoms with van der Waals surface area (Å²) in [6.07, 6.45) is 5.79. The van der Waals surface area contributed by atoms with Crippen LogP contribution in [0.4, 0.5) is 4.39 Å². The summed E-state index contributed by atoms with van der Waals surface area (Å²) in [4.78, 5) is 14.8. The zero-order valence-corrected chi connectivity index (χ0v) is 16.5. The predicted octanol–water partition coefficient (Wildman–Crippen LogP) is 1.85. The van der Waals surface area contributed by atoms with Crippen LogP contribution in [-0.2, 0) is 11.3 Å². The van der Waals surface area contributed by atoms with Gasteiger partial charge in [-0.05, 0) is 31.9 Å². The minimum atomic E-state index is -1.13. The first-order valence-corrected chi connectivity index (χ1v) is 9.99. The van der Waals surface area contributed by atoms with Crippen molar-refractivity contribution in [2.75, 3.05) is 19.7 Å². The van der Waals surface area contributed by atoms with Crippen molar-refractivity contribution in [3.63, 3.8) is 0 Å². The highest BCUT2D eigenvalue weighted by atomic mass is 19.1. The molecule has 3 N–H and O–H groups in total. The van der Waals surface area contributed by atoms with Crippen molar-refractivity contribution in [3.05, 3.63) is 53.6 Å². The molecule has 1 spiro atoms. The number of benzene rings is 1. The topological polar surface area (TPSA) is 90.5 Å². The van der Waals surface area contributed by atoms with E-state index >= 15 is 0 Å². The van der Waals surface area contributed by atoms with E-state index in [0.29, 0.717) is 6.42 Å². The zero-order valence-electron chi connectivity index (χ0n) is 16.5. The number of nitrogens with one attached hydrogen (secondary N) is 2. The van der Waals surface area contributed by atoms with E-state index in [1.807, 2.05) is 12.4 Å². The number of nitrogens with zero attached hydrogens (tertiary/aromatic N) is 2. The Bertz CT molecular complexity index is 847. The van der Waals surface area contributed by atoms with Crippen LogP contribution in [0.5, 0.6) is 0 Å². The molecule has 2 aromatic rings. The minimum Gasteiger partial charge on any atom is -0.388 e. The SMILES string of the molecule is C[C@]1(O)CC2(CCN(Cc3cn[nH]c3)CC2)OC[C@@H]1NC(=O)c1ccccc1F. The summed E-state index contributed by atoms with van der Waals surface area (Å²) in [6.45, 7) is 4.50. The Morgan fingerprint density at radius 1 is 1.41 bits per heavy atom. The highest BCUT2D eigenvalue weighted by Gasteiger charge is 2.49. The molecule has 0 saturated carbocycles. The molecule has 29 heavy (non-hydrogen) atoms. The third kappa shape index (κ3) is 4.34. The fourth-order valence-electron chi connectivity index (χ4n) is 4.41. The molecule has 1 amide bonds. The predicted molar refractivity (Wildman–Crippen MR) is 105 cm³/mol. The third-order valence-corrected chi connectivity index (χ3v) is 6.14. The molecule has 1 aromatic heterocycles. The summed E-state index contributed by atoms with van der Waals surface area (Å²) in [6, 6.07) is 5.23. The molecule has 0 radical (unpaired) electrons. The molecule has 1 aromatic carbocycles. The van der Waals surface area contributed by atoms with E-state index in [9.17, 15) is 14.3 Å². The van der Waals surface area contributed by atoms with Gasteiger partial charge in [0.2, 0.25) is 0 Å². The number of ether oxygens (including phenoxy) is 1. The van der Waals surface area contributed by atoms with Crippen molar-refractivity contribution in [1.82, 2.24) is 20.4 Å². The van der Waals surface area contributed by atoms with E-state index in [-0.39, 0.29) is 12.2 Å². The number of piperidine rings is 1. The summed E-state index contributed by atoms with van der Waals surface area (Å²) >= 11 is 0. The molecule has 2 fully saturated rings. The number of rotatable bonds is 4. The number of H-pyrrole nitrogens is 1. The Kier molecular flexibility index (Phi) is 5.42. The van der Waals surface area contributed by atoms with Gasteiger partial charge in [0.15, 0.2) is 0 Å². The number of amides is 1. The lowest BCUT2D eigenvalue weighted by Gasteiger charge is -2.51. The molecule has 2 atom stereocenters. The Balaban J connectivity index is 1.35. The number of hydrogen-bond donors (Lipinski definition) is 3. The van der Waals surface area contributed by atoms with Crippen LogP contribution in [0.2, 0.25) is 0 Å². The average Bonchev–Trinajstić information content (AvgIpc) is 3.19. The molecule has 2 aliphatic rings. The number of halogens is 1. The highest BCUT2D eigenvalue weighted by molar-refractivity contribution is 5.94. The maximum absolute atomic E-state index is 13.9.